The van der Waals surface area contributed by atoms with Crippen molar-refractivity contribution in [1.29, 1.82) is 0 Å². The first kappa shape index (κ1) is 20.8. The molecule has 3 aromatic heterocycles. The van der Waals surface area contributed by atoms with Crippen molar-refractivity contribution >= 4 is 5.65 Å². The van der Waals surface area contributed by atoms with E-state index in [1.807, 2.05) is 87.9 Å². The summed E-state index contributed by atoms with van der Waals surface area (Å²) in [7, 11) is 5.89. The monoisotopic (exact) mass is 440 g/mol. The molecule has 0 amide bonds. The maximum Gasteiger partial charge on any atom is 0.240 e. The minimum absolute atomic E-state index is 0.197. The van der Waals surface area contributed by atoms with Gasteiger partial charge in [0.2, 0.25) is 5.88 Å². The average molecular weight is 441 g/mol. The molecule has 5 rings (SSSR count). The summed E-state index contributed by atoms with van der Waals surface area (Å²) in [6.45, 7) is 0.895. The lowest BCUT2D eigenvalue weighted by atomic mass is 10.1. The van der Waals surface area contributed by atoms with Crippen molar-refractivity contribution in [3.63, 3.8) is 0 Å². The average Bonchev–Trinajstić information content (AvgIpc) is 3.40. The molecule has 0 aliphatic rings. The minimum Gasteiger partial charge on any atom is -0.468 e. The summed E-state index contributed by atoms with van der Waals surface area (Å²) >= 11 is 0. The van der Waals surface area contributed by atoms with E-state index < -0.39 is 0 Å². The van der Waals surface area contributed by atoms with Gasteiger partial charge in [-0.15, -0.1) is 15.3 Å². The van der Waals surface area contributed by atoms with Crippen LogP contribution in [-0.2, 0) is 20.2 Å². The Bertz CT molecular complexity index is 1380. The smallest absolute Gasteiger partial charge is 0.240 e. The third-order valence-electron chi connectivity index (χ3n) is 5.17. The summed E-state index contributed by atoms with van der Waals surface area (Å²) in [6, 6.07) is 21.8. The van der Waals surface area contributed by atoms with Crippen molar-refractivity contribution in [2.24, 2.45) is 7.05 Å². The van der Waals surface area contributed by atoms with Crippen LogP contribution in [0.3, 0.4) is 0 Å². The van der Waals surface area contributed by atoms with E-state index in [9.17, 15) is 0 Å². The predicted octanol–water partition coefficient (Wildman–Crippen LogP) is 3.23. The van der Waals surface area contributed by atoms with Crippen LogP contribution in [0.1, 0.15) is 11.6 Å². The van der Waals surface area contributed by atoms with Crippen molar-refractivity contribution in [1.82, 2.24) is 39.5 Å². The molecule has 33 heavy (non-hydrogen) atoms. The molecule has 0 saturated carbocycles. The molecule has 9 nitrogen and oxygen atoms in total. The number of nitrogens with zero attached hydrogens (tertiary/aromatic N) is 8. The van der Waals surface area contributed by atoms with E-state index in [0.29, 0.717) is 29.7 Å². The first-order valence-corrected chi connectivity index (χ1v) is 10.6. The summed E-state index contributed by atoms with van der Waals surface area (Å²) in [4.78, 5) is 6.66. The molecule has 0 fully saturated rings. The fourth-order valence-corrected chi connectivity index (χ4v) is 3.60. The van der Waals surface area contributed by atoms with E-state index in [1.165, 1.54) is 0 Å². The number of hydrogen-bond acceptors (Lipinski definition) is 7. The van der Waals surface area contributed by atoms with Crippen LogP contribution in [0, 0.1) is 0 Å². The molecular weight excluding hydrogens is 416 g/mol. The number of aryl methyl sites for hydroxylation is 1. The summed E-state index contributed by atoms with van der Waals surface area (Å²) in [5.74, 6) is 2.59. The molecule has 0 N–H and O–H groups in total. The molecule has 3 heterocycles. The van der Waals surface area contributed by atoms with Gasteiger partial charge in [-0.3, -0.25) is 4.68 Å². The van der Waals surface area contributed by atoms with Gasteiger partial charge in [0.1, 0.15) is 5.82 Å². The second kappa shape index (κ2) is 8.79. The highest BCUT2D eigenvalue weighted by Gasteiger charge is 2.17. The van der Waals surface area contributed by atoms with Gasteiger partial charge < -0.3 is 9.64 Å². The van der Waals surface area contributed by atoms with Gasteiger partial charge in [-0.25, -0.2) is 4.98 Å². The van der Waals surface area contributed by atoms with Gasteiger partial charge in [0.05, 0.1) is 6.54 Å². The molecule has 0 saturated heterocycles. The Morgan fingerprint density at radius 3 is 2.27 bits per heavy atom. The Labute approximate surface area is 191 Å². The standard InChI is InChI=1S/C24H24N8O/c1-30(2)15-22-25-20(28-31(22)3)16-33-24-19(17-10-6-4-7-11-17)14-21-26-27-23(32(21)29-24)18-12-8-5-9-13-18/h4-14H,15-16H2,1-3H3. The van der Waals surface area contributed by atoms with Crippen molar-refractivity contribution in [3.05, 3.63) is 78.4 Å². The lowest BCUT2D eigenvalue weighted by Gasteiger charge is -2.10. The maximum atomic E-state index is 6.18. The molecule has 0 bridgehead atoms. The van der Waals surface area contributed by atoms with E-state index in [0.717, 1.165) is 22.5 Å². The molecule has 0 aliphatic carbocycles. The molecule has 0 atom stereocenters. The van der Waals surface area contributed by atoms with Gasteiger partial charge in [-0.05, 0) is 25.7 Å². The van der Waals surface area contributed by atoms with E-state index in [2.05, 4.69) is 25.2 Å². The van der Waals surface area contributed by atoms with E-state index in [1.54, 1.807) is 9.20 Å². The first-order chi connectivity index (χ1) is 16.1. The predicted molar refractivity (Wildman–Crippen MR) is 124 cm³/mol. The number of benzene rings is 2. The highest BCUT2D eigenvalue weighted by Crippen LogP contribution is 2.30. The Balaban J connectivity index is 1.54. The zero-order valence-electron chi connectivity index (χ0n) is 18.8. The number of rotatable bonds is 7. The summed E-state index contributed by atoms with van der Waals surface area (Å²) in [5, 5.41) is 18.0. The lowest BCUT2D eigenvalue weighted by Crippen LogP contribution is -2.14. The summed E-state index contributed by atoms with van der Waals surface area (Å²) in [6.07, 6.45) is 0. The summed E-state index contributed by atoms with van der Waals surface area (Å²) < 4.78 is 9.67. The van der Waals surface area contributed by atoms with E-state index in [-0.39, 0.29) is 6.61 Å². The Morgan fingerprint density at radius 1 is 0.879 bits per heavy atom. The molecule has 9 heteroatoms. The van der Waals surface area contributed by atoms with E-state index in [4.69, 9.17) is 9.84 Å². The third kappa shape index (κ3) is 4.31. The maximum absolute atomic E-state index is 6.18. The molecule has 166 valence electrons. The lowest BCUT2D eigenvalue weighted by molar-refractivity contribution is 0.281. The number of ether oxygens (including phenoxy) is 1. The topological polar surface area (TPSA) is 86.3 Å². The minimum atomic E-state index is 0.197. The van der Waals surface area contributed by atoms with Gasteiger partial charge in [-0.2, -0.15) is 9.61 Å². The molecule has 0 radical (unpaired) electrons. The van der Waals surface area contributed by atoms with Crippen LogP contribution in [0.15, 0.2) is 66.7 Å². The van der Waals surface area contributed by atoms with Crippen molar-refractivity contribution in [2.75, 3.05) is 14.1 Å². The zero-order chi connectivity index (χ0) is 22.8. The highest BCUT2D eigenvalue weighted by atomic mass is 16.5. The van der Waals surface area contributed by atoms with Crippen LogP contribution in [0.4, 0.5) is 0 Å². The summed E-state index contributed by atoms with van der Waals surface area (Å²) in [5.41, 5.74) is 3.38. The largest absolute Gasteiger partial charge is 0.468 e. The third-order valence-corrected chi connectivity index (χ3v) is 5.17. The molecule has 5 aromatic rings. The van der Waals surface area contributed by atoms with Crippen LogP contribution in [-0.4, -0.2) is 53.6 Å². The Hall–Kier alpha value is -4.11. The van der Waals surface area contributed by atoms with Crippen LogP contribution in [0.25, 0.3) is 28.2 Å². The van der Waals surface area contributed by atoms with Gasteiger partial charge in [0, 0.05) is 18.2 Å². The molecule has 0 spiro atoms. The zero-order valence-corrected chi connectivity index (χ0v) is 18.8. The molecule has 0 aliphatic heterocycles. The fraction of sp³-hybridized carbons (Fsp3) is 0.208. The second-order valence-electron chi connectivity index (χ2n) is 7.98. The van der Waals surface area contributed by atoms with Gasteiger partial charge in [0.25, 0.3) is 0 Å². The number of hydrogen-bond donors (Lipinski definition) is 0. The number of fused-ring (bicyclic) bond motifs is 1. The van der Waals surface area contributed by atoms with Gasteiger partial charge in [-0.1, -0.05) is 60.7 Å². The van der Waals surface area contributed by atoms with Gasteiger partial charge in [0.15, 0.2) is 23.9 Å². The van der Waals surface area contributed by atoms with Crippen LogP contribution >= 0.6 is 0 Å². The van der Waals surface area contributed by atoms with Crippen molar-refractivity contribution in [3.8, 4) is 28.4 Å². The molecule has 2 aromatic carbocycles. The molecular formula is C24H24N8O. The van der Waals surface area contributed by atoms with Gasteiger partial charge >= 0.3 is 0 Å². The normalized spacial score (nSPS) is 11.4. The van der Waals surface area contributed by atoms with Crippen molar-refractivity contribution < 1.29 is 4.74 Å². The number of aromatic nitrogens is 7. The Morgan fingerprint density at radius 2 is 1.58 bits per heavy atom. The first-order valence-electron chi connectivity index (χ1n) is 10.6. The second-order valence-corrected chi connectivity index (χ2v) is 7.98. The van der Waals surface area contributed by atoms with E-state index >= 15 is 0 Å². The SMILES string of the molecule is CN(C)Cc1nc(COc2nn3c(-c4ccccc4)nnc3cc2-c2ccccc2)nn1C. The fourth-order valence-electron chi connectivity index (χ4n) is 3.60. The van der Waals surface area contributed by atoms with Crippen LogP contribution < -0.4 is 4.74 Å². The molecule has 0 unspecified atom stereocenters. The highest BCUT2D eigenvalue weighted by molar-refractivity contribution is 5.72. The van der Waals surface area contributed by atoms with Crippen LogP contribution in [0.2, 0.25) is 0 Å². The Kier molecular flexibility index (Phi) is 5.54. The van der Waals surface area contributed by atoms with Crippen LogP contribution in [0.5, 0.6) is 5.88 Å². The quantitative estimate of drug-likeness (QED) is 0.384. The van der Waals surface area contributed by atoms with Crippen molar-refractivity contribution in [2.45, 2.75) is 13.2 Å².